The van der Waals surface area contributed by atoms with Crippen molar-refractivity contribution in [1.29, 1.82) is 5.26 Å². The van der Waals surface area contributed by atoms with E-state index in [-0.39, 0.29) is 11.6 Å². The molecule has 0 unspecified atom stereocenters. The fraction of sp³-hybridized carbons (Fsp3) is 0.154. The summed E-state index contributed by atoms with van der Waals surface area (Å²) >= 11 is 4.44. The van der Waals surface area contributed by atoms with Gasteiger partial charge in [-0.25, -0.2) is 0 Å². The molecule has 0 fully saturated rings. The largest absolute Gasteiger partial charge is 0.487 e. The first-order valence-corrected chi connectivity index (χ1v) is 12.2. The van der Waals surface area contributed by atoms with E-state index < -0.39 is 5.91 Å². The standard InChI is InChI=1S/C26H22I2N2O2/c1-17-7-6-8-19(11-17)16-32-25-23(27)13-20(14-24(25)28)12-22(15-29)26(31)30-18(2)21-9-4-3-5-10-21/h3-14,18H,16H2,1-2H3,(H,30,31)/b22-12-/t18-/m1/s1. The monoisotopic (exact) mass is 648 g/mol. The Labute approximate surface area is 216 Å². The average molecular weight is 648 g/mol. The number of ether oxygens (including phenoxy) is 1. The van der Waals surface area contributed by atoms with E-state index in [1.54, 1.807) is 6.08 Å². The van der Waals surface area contributed by atoms with Crippen LogP contribution >= 0.6 is 45.2 Å². The van der Waals surface area contributed by atoms with Gasteiger partial charge in [0.15, 0.2) is 0 Å². The summed E-state index contributed by atoms with van der Waals surface area (Å²) in [6, 6.07) is 23.5. The Hall–Kier alpha value is -2.38. The van der Waals surface area contributed by atoms with Crippen LogP contribution in [0.4, 0.5) is 0 Å². The third-order valence-corrected chi connectivity index (χ3v) is 6.41. The third-order valence-electron chi connectivity index (χ3n) is 4.81. The van der Waals surface area contributed by atoms with Crippen LogP contribution in [0.3, 0.4) is 0 Å². The summed E-state index contributed by atoms with van der Waals surface area (Å²) in [5.74, 6) is 0.402. The molecule has 3 aromatic rings. The van der Waals surface area contributed by atoms with Gasteiger partial charge >= 0.3 is 0 Å². The molecule has 0 radical (unpaired) electrons. The lowest BCUT2D eigenvalue weighted by atomic mass is 10.1. The van der Waals surface area contributed by atoms with Crippen LogP contribution in [0.15, 0.2) is 72.3 Å². The first kappa shape index (κ1) is 24.3. The number of benzene rings is 3. The fourth-order valence-corrected chi connectivity index (χ4v) is 5.30. The Morgan fingerprint density at radius 2 is 1.78 bits per heavy atom. The molecule has 1 atom stereocenters. The van der Waals surface area contributed by atoms with Gasteiger partial charge in [-0.15, -0.1) is 0 Å². The van der Waals surface area contributed by atoms with Gasteiger partial charge in [-0.05, 0) is 93.9 Å². The molecule has 0 aliphatic heterocycles. The summed E-state index contributed by atoms with van der Waals surface area (Å²) in [7, 11) is 0. The van der Waals surface area contributed by atoms with Crippen molar-refractivity contribution in [2.45, 2.75) is 26.5 Å². The van der Waals surface area contributed by atoms with Crippen molar-refractivity contribution < 1.29 is 9.53 Å². The minimum atomic E-state index is -0.395. The summed E-state index contributed by atoms with van der Waals surface area (Å²) in [5, 5.41) is 12.5. The molecule has 0 aromatic heterocycles. The van der Waals surface area contributed by atoms with Crippen LogP contribution in [0.2, 0.25) is 0 Å². The molecule has 0 spiro atoms. The van der Waals surface area contributed by atoms with E-state index in [4.69, 9.17) is 4.74 Å². The van der Waals surface area contributed by atoms with Crippen LogP contribution in [0.1, 0.15) is 35.2 Å². The van der Waals surface area contributed by atoms with E-state index in [9.17, 15) is 10.1 Å². The van der Waals surface area contributed by atoms with Gasteiger partial charge < -0.3 is 10.1 Å². The van der Waals surface area contributed by atoms with Crippen molar-refractivity contribution in [3.63, 3.8) is 0 Å². The number of nitrogens with zero attached hydrogens (tertiary/aromatic N) is 1. The van der Waals surface area contributed by atoms with Crippen LogP contribution in [0.25, 0.3) is 6.08 Å². The number of hydrogen-bond donors (Lipinski definition) is 1. The number of carbonyl (C=O) groups is 1. The quantitative estimate of drug-likeness (QED) is 0.179. The van der Waals surface area contributed by atoms with Gasteiger partial charge in [0.25, 0.3) is 5.91 Å². The van der Waals surface area contributed by atoms with Crippen LogP contribution in [0.5, 0.6) is 5.75 Å². The molecule has 32 heavy (non-hydrogen) atoms. The lowest BCUT2D eigenvalue weighted by Crippen LogP contribution is -2.27. The second-order valence-corrected chi connectivity index (χ2v) is 9.69. The zero-order valence-electron chi connectivity index (χ0n) is 17.7. The first-order chi connectivity index (χ1) is 15.4. The first-order valence-electron chi connectivity index (χ1n) is 10.0. The molecule has 0 bridgehead atoms. The molecule has 0 heterocycles. The summed E-state index contributed by atoms with van der Waals surface area (Å²) in [4.78, 5) is 12.7. The molecule has 4 nitrogen and oxygen atoms in total. The van der Waals surface area contributed by atoms with Gasteiger partial charge in [0.2, 0.25) is 0 Å². The molecular weight excluding hydrogens is 626 g/mol. The number of nitriles is 1. The fourth-order valence-electron chi connectivity index (χ4n) is 3.17. The molecule has 0 aliphatic carbocycles. The third kappa shape index (κ3) is 6.56. The highest BCUT2D eigenvalue weighted by atomic mass is 127. The number of nitrogens with one attached hydrogen (secondary N) is 1. The van der Waals surface area contributed by atoms with Crippen LogP contribution < -0.4 is 10.1 Å². The maximum Gasteiger partial charge on any atom is 0.262 e. The van der Waals surface area contributed by atoms with Crippen molar-refractivity contribution in [2.75, 3.05) is 0 Å². The smallest absolute Gasteiger partial charge is 0.262 e. The Balaban J connectivity index is 1.74. The molecule has 0 aliphatic rings. The molecule has 1 amide bonds. The predicted octanol–water partition coefficient (Wildman–Crippen LogP) is 6.57. The zero-order chi connectivity index (χ0) is 23.1. The minimum absolute atomic E-state index is 0.0628. The second-order valence-electron chi connectivity index (χ2n) is 7.37. The van der Waals surface area contributed by atoms with Crippen molar-refractivity contribution in [3.8, 4) is 11.8 Å². The molecular formula is C26H22I2N2O2. The lowest BCUT2D eigenvalue weighted by molar-refractivity contribution is -0.117. The summed E-state index contributed by atoms with van der Waals surface area (Å²) in [6.45, 7) is 4.43. The summed E-state index contributed by atoms with van der Waals surface area (Å²) in [5.41, 5.74) is 4.13. The molecule has 162 valence electrons. The number of halogens is 2. The summed E-state index contributed by atoms with van der Waals surface area (Å²) in [6.07, 6.45) is 1.61. The zero-order valence-corrected chi connectivity index (χ0v) is 22.0. The number of carbonyl (C=O) groups excluding carboxylic acids is 1. The second kappa shape index (κ2) is 11.5. The van der Waals surface area contributed by atoms with E-state index >= 15 is 0 Å². The molecule has 0 saturated heterocycles. The van der Waals surface area contributed by atoms with Crippen molar-refractivity contribution >= 4 is 57.2 Å². The van der Waals surface area contributed by atoms with Crippen LogP contribution in [-0.2, 0) is 11.4 Å². The lowest BCUT2D eigenvalue weighted by Gasteiger charge is -2.14. The Morgan fingerprint density at radius 1 is 1.09 bits per heavy atom. The number of rotatable bonds is 7. The number of amides is 1. The topological polar surface area (TPSA) is 62.1 Å². The Kier molecular flexibility index (Phi) is 8.70. The summed E-state index contributed by atoms with van der Waals surface area (Å²) < 4.78 is 7.90. The van der Waals surface area contributed by atoms with E-state index in [2.05, 4.69) is 69.6 Å². The van der Waals surface area contributed by atoms with Crippen LogP contribution in [0, 0.1) is 25.4 Å². The minimum Gasteiger partial charge on any atom is -0.487 e. The van der Waals surface area contributed by atoms with Crippen molar-refractivity contribution in [3.05, 3.63) is 102 Å². The molecule has 0 saturated carbocycles. The molecule has 6 heteroatoms. The van der Waals surface area contributed by atoms with Gasteiger partial charge in [0.05, 0.1) is 13.2 Å². The predicted molar refractivity (Wildman–Crippen MR) is 144 cm³/mol. The van der Waals surface area contributed by atoms with Crippen LogP contribution in [-0.4, -0.2) is 5.91 Å². The normalized spacial score (nSPS) is 12.0. The SMILES string of the molecule is Cc1cccc(COc2c(I)cc(/C=C(/C#N)C(=O)N[C@H](C)c3ccccc3)cc2I)c1. The highest BCUT2D eigenvalue weighted by Crippen LogP contribution is 2.30. The molecule has 1 N–H and O–H groups in total. The molecule has 3 aromatic carbocycles. The molecule has 3 rings (SSSR count). The van der Waals surface area contributed by atoms with E-state index in [0.29, 0.717) is 6.61 Å². The highest BCUT2D eigenvalue weighted by molar-refractivity contribution is 14.1. The van der Waals surface area contributed by atoms with E-state index in [0.717, 1.165) is 29.6 Å². The Bertz CT molecular complexity index is 1160. The van der Waals surface area contributed by atoms with E-state index in [1.165, 1.54) is 5.56 Å². The van der Waals surface area contributed by atoms with Gasteiger partial charge in [-0.2, -0.15) is 5.26 Å². The van der Waals surface area contributed by atoms with Gasteiger partial charge in [-0.1, -0.05) is 60.2 Å². The maximum absolute atomic E-state index is 12.7. The average Bonchev–Trinajstić information content (AvgIpc) is 2.77. The maximum atomic E-state index is 12.7. The number of hydrogen-bond acceptors (Lipinski definition) is 3. The Morgan fingerprint density at radius 3 is 2.41 bits per heavy atom. The van der Waals surface area contributed by atoms with E-state index in [1.807, 2.05) is 67.6 Å². The highest BCUT2D eigenvalue weighted by Gasteiger charge is 2.15. The van der Waals surface area contributed by atoms with Gasteiger partial charge in [0, 0.05) is 0 Å². The van der Waals surface area contributed by atoms with Gasteiger partial charge in [0.1, 0.15) is 24.0 Å². The van der Waals surface area contributed by atoms with Crippen molar-refractivity contribution in [2.24, 2.45) is 0 Å². The number of aryl methyl sites for hydroxylation is 1. The van der Waals surface area contributed by atoms with Crippen molar-refractivity contribution in [1.82, 2.24) is 5.32 Å². The van der Waals surface area contributed by atoms with Gasteiger partial charge in [-0.3, -0.25) is 4.79 Å².